The van der Waals surface area contributed by atoms with E-state index in [9.17, 15) is 4.79 Å². The Hall–Kier alpha value is -1.53. The largest absolute Gasteiger partial charge is 0.465 e. The minimum atomic E-state index is -0.381. The zero-order valence-electron chi connectivity index (χ0n) is 11.2. The van der Waals surface area contributed by atoms with E-state index in [2.05, 4.69) is 31.6 Å². The number of thiophene rings is 1. The fourth-order valence-electron chi connectivity index (χ4n) is 1.90. The molecule has 0 radical (unpaired) electrons. The number of anilines is 2. The molecule has 1 heterocycles. The van der Waals surface area contributed by atoms with Gasteiger partial charge in [0.05, 0.1) is 30.6 Å². The number of halogens is 1. The zero-order chi connectivity index (χ0) is 14.7. The van der Waals surface area contributed by atoms with Crippen LogP contribution in [-0.4, -0.2) is 20.1 Å². The number of rotatable bonds is 4. The predicted octanol–water partition coefficient (Wildman–Crippen LogP) is 3.52. The molecule has 0 saturated carbocycles. The van der Waals surface area contributed by atoms with Crippen molar-refractivity contribution in [1.29, 1.82) is 0 Å². The number of carbonyl (C=O) groups is 1. The third-order valence-corrected chi connectivity index (χ3v) is 4.56. The van der Waals surface area contributed by atoms with Crippen molar-refractivity contribution >= 4 is 44.6 Å². The monoisotopic (exact) mass is 354 g/mol. The number of ether oxygens (including phenoxy) is 1. The van der Waals surface area contributed by atoms with Gasteiger partial charge in [-0.1, -0.05) is 0 Å². The van der Waals surface area contributed by atoms with Crippen LogP contribution >= 0.6 is 27.3 Å². The first-order valence-corrected chi connectivity index (χ1v) is 7.60. The second-order valence-corrected chi connectivity index (χ2v) is 6.26. The van der Waals surface area contributed by atoms with E-state index in [1.54, 1.807) is 23.5 Å². The lowest BCUT2D eigenvalue weighted by molar-refractivity contribution is 0.0601. The van der Waals surface area contributed by atoms with Gasteiger partial charge in [0, 0.05) is 21.8 Å². The Morgan fingerprint density at radius 3 is 2.75 bits per heavy atom. The average Bonchev–Trinajstić information content (AvgIpc) is 2.82. The van der Waals surface area contributed by atoms with Gasteiger partial charge in [-0.3, -0.25) is 0 Å². The van der Waals surface area contributed by atoms with E-state index in [1.165, 1.54) is 12.0 Å². The van der Waals surface area contributed by atoms with Gasteiger partial charge in [0.1, 0.15) is 0 Å². The Morgan fingerprint density at radius 1 is 1.45 bits per heavy atom. The van der Waals surface area contributed by atoms with Gasteiger partial charge in [0.15, 0.2) is 0 Å². The van der Waals surface area contributed by atoms with E-state index in [1.807, 2.05) is 18.5 Å². The number of hydrogen-bond acceptors (Lipinski definition) is 5. The molecular weight excluding hydrogens is 340 g/mol. The van der Waals surface area contributed by atoms with Gasteiger partial charge >= 0.3 is 5.97 Å². The topological polar surface area (TPSA) is 55.6 Å². The fraction of sp³-hybridized carbons (Fsp3) is 0.214. The van der Waals surface area contributed by atoms with Crippen LogP contribution in [0.2, 0.25) is 0 Å². The first-order valence-electron chi connectivity index (χ1n) is 5.93. The highest BCUT2D eigenvalue weighted by molar-refractivity contribution is 9.10. The Balaban J connectivity index is 2.17. The molecule has 2 aromatic rings. The molecule has 1 aromatic carbocycles. The number of benzene rings is 1. The summed E-state index contributed by atoms with van der Waals surface area (Å²) in [5.74, 6) is -0.381. The Kier molecular flexibility index (Phi) is 4.67. The number of carbonyl (C=O) groups excluding carboxylic acids is 1. The second-order valence-electron chi connectivity index (χ2n) is 4.35. The number of esters is 1. The quantitative estimate of drug-likeness (QED) is 0.674. The molecule has 0 bridgehead atoms. The molecule has 0 atom stereocenters. The maximum absolute atomic E-state index is 11.4. The predicted molar refractivity (Wildman–Crippen MR) is 86.3 cm³/mol. The summed E-state index contributed by atoms with van der Waals surface area (Å²) in [5, 5.41) is 2.05. The van der Waals surface area contributed by atoms with Crippen LogP contribution in [0.4, 0.5) is 11.4 Å². The molecule has 0 unspecified atom stereocenters. The smallest absolute Gasteiger partial charge is 0.337 e. The summed E-state index contributed by atoms with van der Waals surface area (Å²) in [7, 11) is 3.32. The lowest BCUT2D eigenvalue weighted by Gasteiger charge is -2.20. The highest BCUT2D eigenvalue weighted by Gasteiger charge is 2.11. The van der Waals surface area contributed by atoms with Gasteiger partial charge in [0.25, 0.3) is 0 Å². The Morgan fingerprint density at radius 2 is 2.20 bits per heavy atom. The molecule has 0 amide bonds. The summed E-state index contributed by atoms with van der Waals surface area (Å²) in [6.45, 7) is 0.762. The fourth-order valence-corrected chi connectivity index (χ4v) is 3.41. The average molecular weight is 355 g/mol. The molecule has 0 aliphatic carbocycles. The molecule has 0 aliphatic heterocycles. The van der Waals surface area contributed by atoms with Crippen molar-refractivity contribution in [3.63, 3.8) is 0 Å². The number of nitrogens with two attached hydrogens (primary N) is 1. The van der Waals surface area contributed by atoms with E-state index in [0.717, 1.165) is 16.7 Å². The van der Waals surface area contributed by atoms with E-state index in [0.29, 0.717) is 11.3 Å². The van der Waals surface area contributed by atoms with E-state index >= 15 is 0 Å². The van der Waals surface area contributed by atoms with E-state index < -0.39 is 0 Å². The summed E-state index contributed by atoms with van der Waals surface area (Å²) >= 11 is 5.13. The summed E-state index contributed by atoms with van der Waals surface area (Å²) in [6, 6.07) is 7.28. The lowest BCUT2D eigenvalue weighted by atomic mass is 10.1. The van der Waals surface area contributed by atoms with Crippen molar-refractivity contribution in [2.45, 2.75) is 6.54 Å². The number of hydrogen-bond donors (Lipinski definition) is 1. The van der Waals surface area contributed by atoms with Crippen molar-refractivity contribution in [2.24, 2.45) is 0 Å². The Bertz CT molecular complexity index is 627. The zero-order valence-corrected chi connectivity index (χ0v) is 13.6. The van der Waals surface area contributed by atoms with Crippen LogP contribution in [-0.2, 0) is 11.3 Å². The van der Waals surface area contributed by atoms with Crippen molar-refractivity contribution in [2.75, 3.05) is 24.8 Å². The molecule has 0 saturated heterocycles. The SMILES string of the molecule is COC(=O)c1ccc(N(C)Cc2cc(Br)cs2)c(N)c1. The number of nitrogens with zero attached hydrogens (tertiary/aromatic N) is 1. The molecule has 1 aromatic heterocycles. The van der Waals surface area contributed by atoms with Crippen molar-refractivity contribution < 1.29 is 9.53 Å². The molecular formula is C14H15BrN2O2S. The van der Waals surface area contributed by atoms with Gasteiger partial charge in [0.2, 0.25) is 0 Å². The minimum absolute atomic E-state index is 0.381. The maximum Gasteiger partial charge on any atom is 0.337 e. The molecule has 4 nitrogen and oxygen atoms in total. The summed E-state index contributed by atoms with van der Waals surface area (Å²) in [6.07, 6.45) is 0. The third kappa shape index (κ3) is 3.32. The lowest BCUT2D eigenvalue weighted by Crippen LogP contribution is -2.17. The first kappa shape index (κ1) is 14.9. The van der Waals surface area contributed by atoms with Crippen molar-refractivity contribution in [3.05, 3.63) is 44.6 Å². The third-order valence-electron chi connectivity index (χ3n) is 2.87. The molecule has 6 heteroatoms. The van der Waals surface area contributed by atoms with E-state index in [-0.39, 0.29) is 5.97 Å². The molecule has 0 spiro atoms. The second kappa shape index (κ2) is 6.28. The van der Waals surface area contributed by atoms with Crippen LogP contribution in [0.15, 0.2) is 34.1 Å². The molecule has 2 N–H and O–H groups in total. The van der Waals surface area contributed by atoms with Crippen LogP contribution in [0.25, 0.3) is 0 Å². The summed E-state index contributed by atoms with van der Waals surface area (Å²) < 4.78 is 5.76. The van der Waals surface area contributed by atoms with Crippen LogP contribution in [0.3, 0.4) is 0 Å². The summed E-state index contributed by atoms with van der Waals surface area (Å²) in [5.41, 5.74) is 7.93. The van der Waals surface area contributed by atoms with Crippen LogP contribution in [0.5, 0.6) is 0 Å². The number of methoxy groups -OCH3 is 1. The van der Waals surface area contributed by atoms with Gasteiger partial charge in [-0.2, -0.15) is 0 Å². The summed E-state index contributed by atoms with van der Waals surface area (Å²) in [4.78, 5) is 14.7. The highest BCUT2D eigenvalue weighted by atomic mass is 79.9. The van der Waals surface area contributed by atoms with Gasteiger partial charge < -0.3 is 15.4 Å². The normalized spacial score (nSPS) is 10.3. The van der Waals surface area contributed by atoms with Crippen LogP contribution in [0.1, 0.15) is 15.2 Å². The van der Waals surface area contributed by atoms with Gasteiger partial charge in [-0.15, -0.1) is 11.3 Å². The maximum atomic E-state index is 11.4. The highest BCUT2D eigenvalue weighted by Crippen LogP contribution is 2.27. The molecule has 0 aliphatic rings. The Labute approximate surface area is 130 Å². The minimum Gasteiger partial charge on any atom is -0.465 e. The van der Waals surface area contributed by atoms with E-state index in [4.69, 9.17) is 5.73 Å². The van der Waals surface area contributed by atoms with Crippen LogP contribution < -0.4 is 10.6 Å². The molecule has 2 rings (SSSR count). The van der Waals surface area contributed by atoms with Gasteiger partial charge in [-0.05, 0) is 40.2 Å². The molecule has 20 heavy (non-hydrogen) atoms. The standard InChI is InChI=1S/C14H15BrN2O2S/c1-17(7-11-6-10(15)8-20-11)13-4-3-9(5-12(13)16)14(18)19-2/h3-6,8H,7,16H2,1-2H3. The number of nitrogen functional groups attached to an aromatic ring is 1. The molecule has 0 fully saturated rings. The van der Waals surface area contributed by atoms with Crippen molar-refractivity contribution in [3.8, 4) is 0 Å². The van der Waals surface area contributed by atoms with Gasteiger partial charge in [-0.25, -0.2) is 4.79 Å². The first-order chi connectivity index (χ1) is 9.51. The van der Waals surface area contributed by atoms with Crippen LogP contribution in [0, 0.1) is 0 Å². The molecule has 106 valence electrons. The van der Waals surface area contributed by atoms with Crippen molar-refractivity contribution in [1.82, 2.24) is 0 Å².